The number of anilines is 1. The normalized spacial score (nSPS) is 14.4. The summed E-state index contributed by atoms with van der Waals surface area (Å²) in [6.45, 7) is 2.07. The SMILES string of the molecule is Cc1ccc(NC(=O)CN2C(=O)S/C(=C\c3cn(Cc4ccccc4C#N)c4ccccc34)C2=O)cc1. The van der Waals surface area contributed by atoms with Crippen LogP contribution in [0.5, 0.6) is 0 Å². The zero-order valence-corrected chi connectivity index (χ0v) is 20.8. The number of benzene rings is 3. The van der Waals surface area contributed by atoms with Crippen LogP contribution in [0.4, 0.5) is 10.5 Å². The van der Waals surface area contributed by atoms with E-state index >= 15 is 0 Å². The van der Waals surface area contributed by atoms with Gasteiger partial charge in [-0.15, -0.1) is 0 Å². The molecule has 1 aromatic heterocycles. The standard InChI is InChI=1S/C29H22N4O3S/c1-19-10-12-23(13-11-19)31-27(34)18-33-28(35)26(37-29(33)36)14-22-17-32(25-9-5-4-8-24(22)25)16-21-7-3-2-6-20(21)15-30/h2-14,17H,16,18H2,1H3,(H,31,34)/b26-14-. The molecular formula is C29H22N4O3S. The van der Waals surface area contributed by atoms with E-state index in [1.807, 2.05) is 72.3 Å². The van der Waals surface area contributed by atoms with Crippen molar-refractivity contribution in [2.75, 3.05) is 11.9 Å². The maximum absolute atomic E-state index is 13.1. The first-order valence-corrected chi connectivity index (χ1v) is 12.4. The number of hydrogen-bond acceptors (Lipinski definition) is 5. The maximum Gasteiger partial charge on any atom is 0.294 e. The fourth-order valence-electron chi connectivity index (χ4n) is 4.23. The van der Waals surface area contributed by atoms with Crippen LogP contribution in [-0.4, -0.2) is 33.1 Å². The molecule has 0 unspecified atom stereocenters. The third-order valence-electron chi connectivity index (χ3n) is 6.10. The highest BCUT2D eigenvalue weighted by Gasteiger charge is 2.36. The second kappa shape index (κ2) is 10.2. The molecular weight excluding hydrogens is 484 g/mol. The lowest BCUT2D eigenvalue weighted by Crippen LogP contribution is -2.36. The van der Waals surface area contributed by atoms with Gasteiger partial charge in [0.25, 0.3) is 11.1 Å². The number of imide groups is 1. The molecule has 0 bridgehead atoms. The smallest absolute Gasteiger partial charge is 0.294 e. The molecule has 0 aliphatic carbocycles. The van der Waals surface area contributed by atoms with Crippen molar-refractivity contribution < 1.29 is 14.4 Å². The van der Waals surface area contributed by atoms with E-state index in [1.165, 1.54) is 0 Å². The highest BCUT2D eigenvalue weighted by atomic mass is 32.2. The highest BCUT2D eigenvalue weighted by molar-refractivity contribution is 8.18. The van der Waals surface area contributed by atoms with E-state index in [1.54, 1.807) is 24.3 Å². The van der Waals surface area contributed by atoms with Crippen molar-refractivity contribution in [1.82, 2.24) is 9.47 Å². The lowest BCUT2D eigenvalue weighted by atomic mass is 10.1. The summed E-state index contributed by atoms with van der Waals surface area (Å²) in [6.07, 6.45) is 3.61. The van der Waals surface area contributed by atoms with Crippen LogP contribution in [0.15, 0.2) is 83.9 Å². The zero-order valence-electron chi connectivity index (χ0n) is 20.0. The number of para-hydroxylation sites is 1. The molecule has 1 aliphatic heterocycles. The number of carbonyl (C=O) groups is 3. The summed E-state index contributed by atoms with van der Waals surface area (Å²) in [5.41, 5.74) is 4.87. The molecule has 0 saturated carbocycles. The Balaban J connectivity index is 1.39. The lowest BCUT2D eigenvalue weighted by Gasteiger charge is -2.12. The summed E-state index contributed by atoms with van der Waals surface area (Å²) in [5, 5.41) is 12.6. The first-order valence-electron chi connectivity index (χ1n) is 11.6. The molecule has 1 saturated heterocycles. The average Bonchev–Trinajstić information content (AvgIpc) is 3.37. The largest absolute Gasteiger partial charge is 0.342 e. The van der Waals surface area contributed by atoms with Gasteiger partial charge >= 0.3 is 0 Å². The summed E-state index contributed by atoms with van der Waals surface area (Å²) in [4.78, 5) is 39.4. The van der Waals surface area contributed by atoms with Crippen LogP contribution < -0.4 is 5.32 Å². The number of rotatable bonds is 6. The van der Waals surface area contributed by atoms with Gasteiger partial charge in [-0.25, -0.2) is 0 Å². The molecule has 7 nitrogen and oxygen atoms in total. The van der Waals surface area contributed by atoms with Gasteiger partial charge in [-0.3, -0.25) is 19.3 Å². The second-order valence-electron chi connectivity index (χ2n) is 8.68. The number of nitrogens with zero attached hydrogens (tertiary/aromatic N) is 3. The molecule has 0 spiro atoms. The second-order valence-corrected chi connectivity index (χ2v) is 9.67. The molecule has 37 heavy (non-hydrogen) atoms. The molecule has 182 valence electrons. The highest BCUT2D eigenvalue weighted by Crippen LogP contribution is 2.34. The van der Waals surface area contributed by atoms with Gasteiger partial charge in [0.2, 0.25) is 5.91 Å². The van der Waals surface area contributed by atoms with Crippen molar-refractivity contribution in [2.24, 2.45) is 0 Å². The predicted molar refractivity (Wildman–Crippen MR) is 145 cm³/mol. The monoisotopic (exact) mass is 506 g/mol. The van der Waals surface area contributed by atoms with Crippen LogP contribution in [0.3, 0.4) is 0 Å². The predicted octanol–water partition coefficient (Wildman–Crippen LogP) is 5.54. The molecule has 8 heteroatoms. The number of aromatic nitrogens is 1. The Kier molecular flexibility index (Phi) is 6.62. The number of aryl methyl sites for hydroxylation is 1. The third kappa shape index (κ3) is 5.03. The van der Waals surface area contributed by atoms with E-state index in [0.717, 1.165) is 44.3 Å². The van der Waals surface area contributed by atoms with Gasteiger partial charge in [0, 0.05) is 34.9 Å². The summed E-state index contributed by atoms with van der Waals surface area (Å²) < 4.78 is 2.02. The summed E-state index contributed by atoms with van der Waals surface area (Å²) >= 11 is 0.821. The Morgan fingerprint density at radius 1 is 1.03 bits per heavy atom. The van der Waals surface area contributed by atoms with Gasteiger partial charge in [0.1, 0.15) is 6.54 Å². The molecule has 0 radical (unpaired) electrons. The van der Waals surface area contributed by atoms with E-state index in [4.69, 9.17) is 0 Å². The first-order chi connectivity index (χ1) is 17.9. The van der Waals surface area contributed by atoms with E-state index in [0.29, 0.717) is 17.8 Å². The van der Waals surface area contributed by atoms with Crippen molar-refractivity contribution in [3.8, 4) is 6.07 Å². The topological polar surface area (TPSA) is 95.2 Å². The number of fused-ring (bicyclic) bond motifs is 1. The average molecular weight is 507 g/mol. The number of hydrogen-bond donors (Lipinski definition) is 1. The molecule has 4 aromatic rings. The lowest BCUT2D eigenvalue weighted by molar-refractivity contribution is -0.127. The minimum Gasteiger partial charge on any atom is -0.342 e. The van der Waals surface area contributed by atoms with Crippen molar-refractivity contribution in [3.05, 3.63) is 106 Å². The van der Waals surface area contributed by atoms with E-state index in [9.17, 15) is 19.6 Å². The Bertz CT molecular complexity index is 1610. The summed E-state index contributed by atoms with van der Waals surface area (Å²) in [7, 11) is 0. The van der Waals surface area contributed by atoms with Gasteiger partial charge < -0.3 is 9.88 Å². The Hall–Kier alpha value is -4.61. The van der Waals surface area contributed by atoms with Crippen molar-refractivity contribution >= 4 is 51.5 Å². The van der Waals surface area contributed by atoms with Crippen LogP contribution in [0.25, 0.3) is 17.0 Å². The van der Waals surface area contributed by atoms with Crippen LogP contribution >= 0.6 is 11.8 Å². The number of nitrogens with one attached hydrogen (secondary N) is 1. The quantitative estimate of drug-likeness (QED) is 0.346. The van der Waals surface area contributed by atoms with Gasteiger partial charge in [-0.05, 0) is 54.6 Å². The number of nitriles is 1. The summed E-state index contributed by atoms with van der Waals surface area (Å²) in [6, 6.07) is 24.7. The van der Waals surface area contributed by atoms with Crippen LogP contribution in [0, 0.1) is 18.3 Å². The Labute approximate surface area is 218 Å². The van der Waals surface area contributed by atoms with Crippen LogP contribution in [0.1, 0.15) is 22.3 Å². The van der Waals surface area contributed by atoms with E-state index < -0.39 is 17.1 Å². The maximum atomic E-state index is 13.1. The molecule has 1 fully saturated rings. The molecule has 5 rings (SSSR count). The fourth-order valence-corrected chi connectivity index (χ4v) is 5.06. The number of thioether (sulfide) groups is 1. The van der Waals surface area contributed by atoms with Crippen molar-refractivity contribution in [2.45, 2.75) is 13.5 Å². The fraction of sp³-hybridized carbons (Fsp3) is 0.103. The minimum atomic E-state index is -0.499. The molecule has 1 aliphatic rings. The Morgan fingerprint density at radius 3 is 2.54 bits per heavy atom. The van der Waals surface area contributed by atoms with Gasteiger partial charge in [-0.1, -0.05) is 54.1 Å². The van der Waals surface area contributed by atoms with Crippen molar-refractivity contribution in [1.29, 1.82) is 5.26 Å². The number of amides is 3. The third-order valence-corrected chi connectivity index (χ3v) is 7.00. The minimum absolute atomic E-state index is 0.258. The molecule has 3 amide bonds. The number of carbonyl (C=O) groups excluding carboxylic acids is 3. The zero-order chi connectivity index (χ0) is 25.9. The molecule has 3 aromatic carbocycles. The van der Waals surface area contributed by atoms with E-state index in [2.05, 4.69) is 11.4 Å². The van der Waals surface area contributed by atoms with Gasteiger partial charge in [-0.2, -0.15) is 5.26 Å². The van der Waals surface area contributed by atoms with Gasteiger partial charge in [0.05, 0.1) is 16.5 Å². The molecule has 1 N–H and O–H groups in total. The molecule has 2 heterocycles. The van der Waals surface area contributed by atoms with Crippen LogP contribution in [-0.2, 0) is 16.1 Å². The van der Waals surface area contributed by atoms with Crippen LogP contribution in [0.2, 0.25) is 0 Å². The summed E-state index contributed by atoms with van der Waals surface area (Å²) in [5.74, 6) is -0.944. The Morgan fingerprint density at radius 2 is 1.76 bits per heavy atom. The van der Waals surface area contributed by atoms with Crippen molar-refractivity contribution in [3.63, 3.8) is 0 Å². The van der Waals surface area contributed by atoms with E-state index in [-0.39, 0.29) is 11.4 Å². The van der Waals surface area contributed by atoms with Gasteiger partial charge in [0.15, 0.2) is 0 Å². The first kappa shape index (κ1) is 24.1. The molecule has 0 atom stereocenters.